The maximum Gasteiger partial charge on any atom is 0.206 e. The molecule has 1 rings (SSSR count). The lowest BCUT2D eigenvalue weighted by atomic mass is 9.90. The molecular formula is C15H26NO+. The van der Waals surface area contributed by atoms with Crippen molar-refractivity contribution in [1.29, 1.82) is 0 Å². The Balaban J connectivity index is 3.58. The first kappa shape index (κ1) is 14.0. The van der Waals surface area contributed by atoms with Crippen LogP contribution in [0.4, 0.5) is 0 Å². The van der Waals surface area contributed by atoms with Crippen LogP contribution in [0.2, 0.25) is 0 Å². The smallest absolute Gasteiger partial charge is 0.206 e. The molecular weight excluding hydrogens is 210 g/mol. The average molecular weight is 236 g/mol. The van der Waals surface area contributed by atoms with Gasteiger partial charge in [0.25, 0.3) is 0 Å². The van der Waals surface area contributed by atoms with Gasteiger partial charge in [0, 0.05) is 23.0 Å². The quantitative estimate of drug-likeness (QED) is 0.633. The lowest BCUT2D eigenvalue weighted by Gasteiger charge is -2.22. The normalized spacial score (nSPS) is 12.7. The largest absolute Gasteiger partial charge is 0.464 e. The minimum atomic E-state index is 0.0337. The topological polar surface area (TPSA) is 16.1 Å². The van der Waals surface area contributed by atoms with Crippen LogP contribution < -0.4 is 9.93 Å². The fraction of sp³-hybridized carbons (Fsp3) is 0.667. The second-order valence-corrected chi connectivity index (χ2v) is 6.94. The van der Waals surface area contributed by atoms with E-state index < -0.39 is 0 Å². The molecule has 2 nitrogen and oxygen atoms in total. The summed E-state index contributed by atoms with van der Waals surface area (Å²) in [5, 5.41) is 1.20. The Labute approximate surface area is 105 Å². The summed E-state index contributed by atoms with van der Waals surface area (Å²) in [4.78, 5) is 0. The van der Waals surface area contributed by atoms with Gasteiger partial charge in [0.1, 0.15) is 25.6 Å². The summed E-state index contributed by atoms with van der Waals surface area (Å²) in [5.74, 6) is 2.07. The Kier molecular flexibility index (Phi) is 3.56. The molecule has 0 saturated heterocycles. The maximum atomic E-state index is 6.07. The molecule has 17 heavy (non-hydrogen) atoms. The third-order valence-corrected chi connectivity index (χ3v) is 2.77. The number of hydrogen-bond acceptors (Lipinski definition) is 1. The molecule has 0 unspecified atom stereocenters. The van der Waals surface area contributed by atoms with Gasteiger partial charge >= 0.3 is 0 Å². The molecule has 0 aliphatic rings. The van der Waals surface area contributed by atoms with Gasteiger partial charge in [-0.1, -0.05) is 41.5 Å². The molecule has 0 saturated carbocycles. The van der Waals surface area contributed by atoms with Gasteiger partial charge in [0.05, 0.1) is 0 Å². The van der Waals surface area contributed by atoms with E-state index in [1.54, 1.807) is 0 Å². The fourth-order valence-corrected chi connectivity index (χ4v) is 1.49. The first-order valence-electron chi connectivity index (χ1n) is 6.18. The predicted molar refractivity (Wildman–Crippen MR) is 73.2 cm³/mol. The summed E-state index contributed by atoms with van der Waals surface area (Å²) >= 11 is 0. The van der Waals surface area contributed by atoms with Gasteiger partial charge in [-0.25, -0.2) is 4.58 Å². The third-order valence-electron chi connectivity index (χ3n) is 2.77. The highest BCUT2D eigenvalue weighted by atomic mass is 16.3. The molecule has 1 aromatic heterocycles. The molecule has 0 fully saturated rings. The standard InChI is InChI=1S/C15H26NO/c1-14(2,3)12-9-11(16(7)8)10-13(17-12)15(4,5)6/h9-10H,1-8H3/q+1. The van der Waals surface area contributed by atoms with E-state index in [1.807, 2.05) is 0 Å². The van der Waals surface area contributed by atoms with E-state index in [9.17, 15) is 0 Å². The van der Waals surface area contributed by atoms with Crippen molar-refractivity contribution in [2.75, 3.05) is 14.1 Å². The second-order valence-electron chi connectivity index (χ2n) is 6.94. The Morgan fingerprint density at radius 2 is 1.18 bits per heavy atom. The molecule has 0 aliphatic heterocycles. The summed E-state index contributed by atoms with van der Waals surface area (Å²) in [7, 11) is 4.13. The lowest BCUT2D eigenvalue weighted by Crippen LogP contribution is -2.27. The first-order chi connectivity index (χ1) is 7.51. The zero-order valence-corrected chi connectivity index (χ0v) is 12.5. The van der Waals surface area contributed by atoms with E-state index in [1.165, 1.54) is 5.36 Å². The molecule has 0 amide bonds. The van der Waals surface area contributed by atoms with E-state index in [-0.39, 0.29) is 10.8 Å². The molecule has 1 aromatic rings. The van der Waals surface area contributed by atoms with Crippen LogP contribution in [0.3, 0.4) is 0 Å². The van der Waals surface area contributed by atoms with Crippen LogP contribution in [-0.4, -0.2) is 14.1 Å². The fourth-order valence-electron chi connectivity index (χ4n) is 1.49. The van der Waals surface area contributed by atoms with Crippen LogP contribution in [0.5, 0.6) is 0 Å². The molecule has 96 valence electrons. The van der Waals surface area contributed by atoms with Gasteiger partial charge < -0.3 is 4.42 Å². The van der Waals surface area contributed by atoms with Crippen molar-refractivity contribution in [3.63, 3.8) is 0 Å². The highest BCUT2D eigenvalue weighted by molar-refractivity contribution is 5.16. The van der Waals surface area contributed by atoms with Gasteiger partial charge in [0.2, 0.25) is 5.36 Å². The predicted octanol–water partition coefficient (Wildman–Crippen LogP) is 2.91. The van der Waals surface area contributed by atoms with Crippen LogP contribution in [0.1, 0.15) is 53.1 Å². The summed E-state index contributed by atoms with van der Waals surface area (Å²) in [6.45, 7) is 13.1. The van der Waals surface area contributed by atoms with Crippen molar-refractivity contribution in [1.82, 2.24) is 4.58 Å². The van der Waals surface area contributed by atoms with Gasteiger partial charge in [-0.05, 0) is 0 Å². The molecule has 0 atom stereocenters. The summed E-state index contributed by atoms with van der Waals surface area (Å²) in [6, 6.07) is 4.27. The highest BCUT2D eigenvalue weighted by Gasteiger charge is 2.23. The SMILES string of the molecule is C[N+](C)=c1cc(C(C)(C)C)oc(C(C)(C)C)c1. The van der Waals surface area contributed by atoms with Gasteiger partial charge in [-0.2, -0.15) is 0 Å². The van der Waals surface area contributed by atoms with Crippen molar-refractivity contribution in [3.8, 4) is 0 Å². The van der Waals surface area contributed by atoms with Crippen molar-refractivity contribution >= 4 is 0 Å². The number of rotatable bonds is 0. The molecule has 0 radical (unpaired) electrons. The van der Waals surface area contributed by atoms with Crippen LogP contribution in [0.25, 0.3) is 0 Å². The van der Waals surface area contributed by atoms with Gasteiger partial charge in [-0.15, -0.1) is 0 Å². The van der Waals surface area contributed by atoms with Gasteiger partial charge in [0.15, 0.2) is 0 Å². The number of nitrogens with zero attached hydrogens (tertiary/aromatic N) is 1. The summed E-state index contributed by atoms with van der Waals surface area (Å²) in [6.07, 6.45) is 0. The Bertz CT molecular complexity index is 428. The Morgan fingerprint density at radius 3 is 1.41 bits per heavy atom. The summed E-state index contributed by atoms with van der Waals surface area (Å²) in [5.41, 5.74) is 0.0675. The molecule has 0 N–H and O–H groups in total. The molecule has 2 heteroatoms. The molecule has 0 aliphatic carbocycles. The van der Waals surface area contributed by atoms with Crippen molar-refractivity contribution < 1.29 is 4.42 Å². The first-order valence-corrected chi connectivity index (χ1v) is 6.18. The monoisotopic (exact) mass is 236 g/mol. The molecule has 1 heterocycles. The van der Waals surface area contributed by atoms with E-state index in [0.717, 1.165) is 11.5 Å². The van der Waals surface area contributed by atoms with Crippen molar-refractivity contribution in [2.45, 2.75) is 52.4 Å². The minimum absolute atomic E-state index is 0.0337. The van der Waals surface area contributed by atoms with Crippen LogP contribution >= 0.6 is 0 Å². The average Bonchev–Trinajstić information content (AvgIpc) is 2.14. The molecule has 0 bridgehead atoms. The second kappa shape index (κ2) is 4.32. The van der Waals surface area contributed by atoms with E-state index in [0.29, 0.717) is 0 Å². The molecule has 0 aromatic carbocycles. The zero-order chi connectivity index (χ0) is 13.4. The lowest BCUT2D eigenvalue weighted by molar-refractivity contribution is 0.326. The minimum Gasteiger partial charge on any atom is -0.464 e. The van der Waals surface area contributed by atoms with Gasteiger partial charge in [-0.3, -0.25) is 0 Å². The van der Waals surface area contributed by atoms with Crippen molar-refractivity contribution in [2.24, 2.45) is 0 Å². The van der Waals surface area contributed by atoms with E-state index >= 15 is 0 Å². The Hall–Kier alpha value is -1.05. The van der Waals surface area contributed by atoms with Crippen LogP contribution in [-0.2, 0) is 10.8 Å². The van der Waals surface area contributed by atoms with Crippen molar-refractivity contribution in [3.05, 3.63) is 29.0 Å². The third kappa shape index (κ3) is 3.45. The maximum absolute atomic E-state index is 6.07. The number of hydrogen-bond donors (Lipinski definition) is 0. The Morgan fingerprint density at radius 1 is 0.824 bits per heavy atom. The summed E-state index contributed by atoms with van der Waals surface area (Å²) < 4.78 is 8.20. The van der Waals surface area contributed by atoms with Crippen LogP contribution in [0, 0.1) is 0 Å². The highest BCUT2D eigenvalue weighted by Crippen LogP contribution is 2.26. The van der Waals surface area contributed by atoms with E-state index in [2.05, 4.69) is 72.3 Å². The van der Waals surface area contributed by atoms with Crippen LogP contribution in [0.15, 0.2) is 16.5 Å². The van der Waals surface area contributed by atoms with E-state index in [4.69, 9.17) is 4.42 Å². The molecule has 0 spiro atoms. The zero-order valence-electron chi connectivity index (χ0n) is 12.5.